The number of alkyl halides is 3. The third kappa shape index (κ3) is 5.61. The molecule has 1 aliphatic rings. The Morgan fingerprint density at radius 2 is 1.88 bits per heavy atom. The minimum Gasteiger partial charge on any atom is -0.463 e. The molecule has 1 aromatic heterocycles. The fourth-order valence-corrected chi connectivity index (χ4v) is 3.44. The van der Waals surface area contributed by atoms with Gasteiger partial charge >= 0.3 is 6.18 Å². The van der Waals surface area contributed by atoms with Crippen molar-refractivity contribution in [2.45, 2.75) is 59.9 Å². The maximum atomic E-state index is 14.0. The van der Waals surface area contributed by atoms with E-state index in [1.165, 1.54) is 11.8 Å². The van der Waals surface area contributed by atoms with Gasteiger partial charge in [-0.15, -0.1) is 0 Å². The predicted molar refractivity (Wildman–Crippen MR) is 114 cm³/mol. The van der Waals surface area contributed by atoms with E-state index in [0.29, 0.717) is 11.6 Å². The first-order chi connectivity index (χ1) is 15.2. The van der Waals surface area contributed by atoms with Gasteiger partial charge in [-0.1, -0.05) is 26.8 Å². The van der Waals surface area contributed by atoms with Crippen molar-refractivity contribution in [1.82, 2.24) is 4.98 Å². The van der Waals surface area contributed by atoms with Crippen molar-refractivity contribution in [3.8, 4) is 5.88 Å². The summed E-state index contributed by atoms with van der Waals surface area (Å²) >= 11 is 0. The molecule has 1 aromatic carbocycles. The van der Waals surface area contributed by atoms with E-state index in [4.69, 9.17) is 4.74 Å². The molecular formula is C23H25F4N3O3. The summed E-state index contributed by atoms with van der Waals surface area (Å²) in [6, 6.07) is 4.13. The van der Waals surface area contributed by atoms with Gasteiger partial charge in [0.05, 0.1) is 12.1 Å². The number of amides is 2. The Labute approximate surface area is 188 Å². The number of anilines is 2. The number of aryl methyl sites for hydroxylation is 1. The van der Waals surface area contributed by atoms with E-state index in [9.17, 15) is 27.2 Å². The lowest BCUT2D eigenvalue weighted by Crippen LogP contribution is -2.44. The molecule has 2 heterocycles. The lowest BCUT2D eigenvalue weighted by atomic mass is 9.92. The van der Waals surface area contributed by atoms with Crippen LogP contribution in [0.5, 0.6) is 5.88 Å². The minimum absolute atomic E-state index is 0.0890. The molecule has 2 aromatic rings. The molecule has 10 heteroatoms. The summed E-state index contributed by atoms with van der Waals surface area (Å²) in [6.45, 7) is 8.81. The molecule has 1 aliphatic heterocycles. The fourth-order valence-electron chi connectivity index (χ4n) is 3.44. The lowest BCUT2D eigenvalue weighted by molar-refractivity contribution is -0.140. The van der Waals surface area contributed by atoms with Crippen LogP contribution >= 0.6 is 0 Å². The van der Waals surface area contributed by atoms with E-state index in [1.807, 2.05) is 20.8 Å². The molecule has 0 radical (unpaired) electrons. The van der Waals surface area contributed by atoms with Crippen molar-refractivity contribution >= 4 is 23.3 Å². The van der Waals surface area contributed by atoms with E-state index < -0.39 is 29.6 Å². The van der Waals surface area contributed by atoms with Gasteiger partial charge in [0.25, 0.3) is 5.91 Å². The van der Waals surface area contributed by atoms with Crippen molar-refractivity contribution in [3.05, 3.63) is 46.8 Å². The molecule has 0 fully saturated rings. The van der Waals surface area contributed by atoms with Gasteiger partial charge in [0, 0.05) is 6.42 Å². The summed E-state index contributed by atoms with van der Waals surface area (Å²) in [7, 11) is 0. The third-order valence-electron chi connectivity index (χ3n) is 4.98. The second-order valence-corrected chi connectivity index (χ2v) is 9.26. The monoisotopic (exact) mass is 467 g/mol. The summed E-state index contributed by atoms with van der Waals surface area (Å²) in [4.78, 5) is 30.7. The Morgan fingerprint density at radius 3 is 2.45 bits per heavy atom. The second kappa shape index (κ2) is 8.64. The average molecular weight is 467 g/mol. The van der Waals surface area contributed by atoms with Crippen LogP contribution in [0.2, 0.25) is 0 Å². The average Bonchev–Trinajstić information content (AvgIpc) is 2.64. The zero-order valence-corrected chi connectivity index (χ0v) is 18.9. The normalized spacial score (nSPS) is 16.3. The number of benzene rings is 1. The number of halogens is 4. The van der Waals surface area contributed by atoms with Crippen molar-refractivity contribution in [2.24, 2.45) is 5.41 Å². The van der Waals surface area contributed by atoms with Crippen LogP contribution in [0.15, 0.2) is 24.3 Å². The maximum absolute atomic E-state index is 14.0. The van der Waals surface area contributed by atoms with Gasteiger partial charge in [-0.25, -0.2) is 4.39 Å². The molecule has 33 heavy (non-hydrogen) atoms. The number of carbonyl (C=O) groups is 2. The standard InChI is InChI=1S/C23H25F4N3O3/c1-12-8-17-20(29-19(12)28-18(31)10-22(3,4)5)33-13(2)21(32)30(17)11-14-6-7-15(16(24)9-14)23(25,26)27/h6-9,13H,10-11H2,1-5H3,(H,28,29,31). The molecule has 6 nitrogen and oxygen atoms in total. The minimum atomic E-state index is -4.81. The Morgan fingerprint density at radius 1 is 1.21 bits per heavy atom. The van der Waals surface area contributed by atoms with Gasteiger partial charge in [0.15, 0.2) is 6.10 Å². The topological polar surface area (TPSA) is 71.5 Å². The number of carbonyl (C=O) groups excluding carboxylic acids is 2. The molecule has 0 saturated carbocycles. The largest absolute Gasteiger partial charge is 0.463 e. The Kier molecular flexibility index (Phi) is 6.41. The van der Waals surface area contributed by atoms with E-state index in [0.717, 1.165) is 12.1 Å². The van der Waals surface area contributed by atoms with Crippen LogP contribution in [0.3, 0.4) is 0 Å². The van der Waals surface area contributed by atoms with Crippen molar-refractivity contribution in [2.75, 3.05) is 10.2 Å². The van der Waals surface area contributed by atoms with Crippen LogP contribution in [-0.2, 0) is 22.3 Å². The number of nitrogens with one attached hydrogen (secondary N) is 1. The number of hydrogen-bond donors (Lipinski definition) is 1. The molecule has 0 spiro atoms. The number of fused-ring (bicyclic) bond motifs is 1. The molecular weight excluding hydrogens is 442 g/mol. The molecule has 1 unspecified atom stereocenters. The van der Waals surface area contributed by atoms with Crippen molar-refractivity contribution < 1.29 is 31.9 Å². The molecule has 0 aliphatic carbocycles. The SMILES string of the molecule is Cc1cc2c(nc1NC(=O)CC(C)(C)C)OC(C)C(=O)N2Cc1ccc(C(F)(F)F)c(F)c1. The molecule has 0 saturated heterocycles. The van der Waals surface area contributed by atoms with Gasteiger partial charge in [0.1, 0.15) is 17.3 Å². The van der Waals surface area contributed by atoms with Gasteiger partial charge in [-0.05, 0) is 48.6 Å². The highest BCUT2D eigenvalue weighted by molar-refractivity contribution is 6.00. The summed E-state index contributed by atoms with van der Waals surface area (Å²) in [6.07, 6.45) is -5.47. The molecule has 1 N–H and O–H groups in total. The van der Waals surface area contributed by atoms with E-state index in [2.05, 4.69) is 10.3 Å². The maximum Gasteiger partial charge on any atom is 0.419 e. The van der Waals surface area contributed by atoms with Crippen molar-refractivity contribution in [3.63, 3.8) is 0 Å². The predicted octanol–water partition coefficient (Wildman–Crippen LogP) is 5.24. The summed E-state index contributed by atoms with van der Waals surface area (Å²) < 4.78 is 58.2. The van der Waals surface area contributed by atoms with Crippen molar-refractivity contribution in [1.29, 1.82) is 0 Å². The Bertz CT molecular complexity index is 1090. The first-order valence-electron chi connectivity index (χ1n) is 10.3. The number of nitrogens with zero attached hydrogens (tertiary/aromatic N) is 2. The number of rotatable bonds is 4. The quantitative estimate of drug-likeness (QED) is 0.625. The highest BCUT2D eigenvalue weighted by atomic mass is 19.4. The zero-order valence-electron chi connectivity index (χ0n) is 18.9. The van der Waals surface area contributed by atoms with Gasteiger partial charge < -0.3 is 10.1 Å². The first-order valence-corrected chi connectivity index (χ1v) is 10.3. The van der Waals surface area contributed by atoms with Crippen LogP contribution in [0.25, 0.3) is 0 Å². The summed E-state index contributed by atoms with van der Waals surface area (Å²) in [5.74, 6) is -1.72. The molecule has 0 bridgehead atoms. The van der Waals surface area contributed by atoms with E-state index >= 15 is 0 Å². The Hall–Kier alpha value is -3.17. The van der Waals surface area contributed by atoms with E-state index in [1.54, 1.807) is 13.0 Å². The number of aromatic nitrogens is 1. The summed E-state index contributed by atoms with van der Waals surface area (Å²) in [5.41, 5.74) is -0.581. The molecule has 3 rings (SSSR count). The van der Waals surface area contributed by atoms with Crippen LogP contribution < -0.4 is 15.0 Å². The molecule has 2 amide bonds. The van der Waals surface area contributed by atoms with Crippen LogP contribution in [0.4, 0.5) is 29.1 Å². The van der Waals surface area contributed by atoms with Crippen LogP contribution in [-0.4, -0.2) is 22.9 Å². The number of ether oxygens (including phenoxy) is 1. The third-order valence-corrected chi connectivity index (χ3v) is 4.98. The lowest BCUT2D eigenvalue weighted by Gasteiger charge is -2.33. The fraction of sp³-hybridized carbons (Fsp3) is 0.435. The van der Waals surface area contributed by atoms with Gasteiger partial charge in [-0.2, -0.15) is 18.2 Å². The molecule has 1 atom stereocenters. The highest BCUT2D eigenvalue weighted by Gasteiger charge is 2.36. The molecule has 178 valence electrons. The smallest absolute Gasteiger partial charge is 0.419 e. The zero-order chi connectivity index (χ0) is 24.7. The first kappa shape index (κ1) is 24.5. The van der Waals surface area contributed by atoms with Crippen LogP contribution in [0.1, 0.15) is 50.8 Å². The number of pyridine rings is 1. The van der Waals surface area contributed by atoms with Gasteiger partial charge in [-0.3, -0.25) is 14.5 Å². The Balaban J connectivity index is 1.91. The number of hydrogen-bond acceptors (Lipinski definition) is 4. The van der Waals surface area contributed by atoms with E-state index in [-0.39, 0.29) is 47.2 Å². The van der Waals surface area contributed by atoms with Crippen LogP contribution in [0, 0.1) is 18.2 Å². The highest BCUT2D eigenvalue weighted by Crippen LogP contribution is 2.37. The second-order valence-electron chi connectivity index (χ2n) is 9.26. The van der Waals surface area contributed by atoms with Gasteiger partial charge in [0.2, 0.25) is 11.8 Å². The summed E-state index contributed by atoms with van der Waals surface area (Å²) in [5, 5.41) is 2.75.